The van der Waals surface area contributed by atoms with E-state index in [0.717, 1.165) is 0 Å². The van der Waals surface area contributed by atoms with Crippen LogP contribution in [0.5, 0.6) is 0 Å². The monoisotopic (exact) mass is 85.0 g/mol. The number of Topliss-reactive ketones (excluding diaryl/α,β-unsaturated/α-hetero) is 1. The second-order valence-corrected chi connectivity index (χ2v) is 1.02. The van der Waals surface area contributed by atoms with Crippen molar-refractivity contribution in [3.05, 3.63) is 0 Å². The van der Waals surface area contributed by atoms with Crippen molar-refractivity contribution in [2.24, 2.45) is 0 Å². The van der Waals surface area contributed by atoms with Crippen molar-refractivity contribution in [1.82, 2.24) is 0 Å². The molecule has 0 aromatic carbocycles. The Morgan fingerprint density at radius 1 is 1.83 bits per heavy atom. The van der Waals surface area contributed by atoms with Crippen LogP contribution in [0.25, 0.3) is 0 Å². The SMILES string of the molecule is CC(=O)C[C+]=O. The Balaban J connectivity index is 3.05. The molecule has 32 valence electrons. The summed E-state index contributed by atoms with van der Waals surface area (Å²) < 4.78 is 0. The van der Waals surface area contributed by atoms with E-state index in [9.17, 15) is 9.59 Å². The average Bonchev–Trinajstić information content (AvgIpc) is 1.35. The Bertz CT molecular complexity index is 65.9. The molecule has 0 spiro atoms. The van der Waals surface area contributed by atoms with Crippen molar-refractivity contribution in [1.29, 1.82) is 0 Å². The first-order valence-corrected chi connectivity index (χ1v) is 1.62. The molecule has 6 heavy (non-hydrogen) atoms. The van der Waals surface area contributed by atoms with Gasteiger partial charge < -0.3 is 0 Å². The topological polar surface area (TPSA) is 34.1 Å². The zero-order valence-corrected chi connectivity index (χ0v) is 3.52. The van der Waals surface area contributed by atoms with Crippen molar-refractivity contribution in [3.8, 4) is 0 Å². The van der Waals surface area contributed by atoms with E-state index in [0.29, 0.717) is 0 Å². The van der Waals surface area contributed by atoms with Crippen LogP contribution in [0.4, 0.5) is 0 Å². The zero-order valence-electron chi connectivity index (χ0n) is 3.52. The van der Waals surface area contributed by atoms with Crippen LogP contribution in [0.2, 0.25) is 0 Å². The minimum atomic E-state index is -0.134. The molecule has 0 radical (unpaired) electrons. The summed E-state index contributed by atoms with van der Waals surface area (Å²) in [6.07, 6.45) is 1.40. The fourth-order valence-electron chi connectivity index (χ4n) is 0.102. The van der Waals surface area contributed by atoms with Crippen LogP contribution in [0, 0.1) is 0 Å². The molecule has 2 nitrogen and oxygen atoms in total. The summed E-state index contributed by atoms with van der Waals surface area (Å²) in [6, 6.07) is 0. The van der Waals surface area contributed by atoms with Crippen molar-refractivity contribution in [3.63, 3.8) is 0 Å². The summed E-state index contributed by atoms with van der Waals surface area (Å²) in [7, 11) is 0. The Kier molecular flexibility index (Phi) is 2.17. The lowest BCUT2D eigenvalue weighted by atomic mass is 10.3. The normalized spacial score (nSPS) is 6.83. The molecule has 0 aromatic heterocycles. The molecule has 0 fully saturated rings. The fourth-order valence-corrected chi connectivity index (χ4v) is 0.102. The largest absolute Gasteiger partial charge is 0.514 e. The summed E-state index contributed by atoms with van der Waals surface area (Å²) in [5, 5.41) is 0. The number of hydrogen-bond acceptors (Lipinski definition) is 2. The van der Waals surface area contributed by atoms with Gasteiger partial charge in [-0.2, -0.15) is 0 Å². The van der Waals surface area contributed by atoms with E-state index in [-0.39, 0.29) is 12.2 Å². The number of hydrogen-bond donors (Lipinski definition) is 0. The van der Waals surface area contributed by atoms with Gasteiger partial charge in [0.15, 0.2) is 5.78 Å². The smallest absolute Gasteiger partial charge is 0.294 e. The van der Waals surface area contributed by atoms with Crippen molar-refractivity contribution >= 4 is 12.1 Å². The summed E-state index contributed by atoms with van der Waals surface area (Å²) in [6.45, 7) is 1.35. The lowest BCUT2D eigenvalue weighted by Crippen LogP contribution is -1.87. The van der Waals surface area contributed by atoms with Gasteiger partial charge in [-0.15, -0.1) is 0 Å². The Morgan fingerprint density at radius 2 is 2.33 bits per heavy atom. The lowest BCUT2D eigenvalue weighted by molar-refractivity contribution is -0.115. The molecule has 0 heterocycles. The summed E-state index contributed by atoms with van der Waals surface area (Å²) in [4.78, 5) is 19.1. The van der Waals surface area contributed by atoms with Crippen LogP contribution in [-0.4, -0.2) is 12.1 Å². The molecule has 0 saturated heterocycles. The van der Waals surface area contributed by atoms with Crippen molar-refractivity contribution < 1.29 is 9.59 Å². The molecule has 0 amide bonds. The minimum Gasteiger partial charge on any atom is -0.294 e. The molecule has 0 aliphatic rings. The van der Waals surface area contributed by atoms with Crippen molar-refractivity contribution in [2.75, 3.05) is 0 Å². The second-order valence-electron chi connectivity index (χ2n) is 1.02. The van der Waals surface area contributed by atoms with E-state index in [2.05, 4.69) is 0 Å². The third-order valence-electron chi connectivity index (χ3n) is 0.321. The molecule has 0 bridgehead atoms. The summed E-state index contributed by atoms with van der Waals surface area (Å²) in [5.41, 5.74) is 0. The van der Waals surface area contributed by atoms with Crippen LogP contribution < -0.4 is 0 Å². The van der Waals surface area contributed by atoms with Gasteiger partial charge >= 0.3 is 6.29 Å². The Morgan fingerprint density at radius 3 is 2.33 bits per heavy atom. The molecule has 0 aromatic rings. The van der Waals surface area contributed by atoms with Gasteiger partial charge in [-0.1, -0.05) is 0 Å². The molecule has 2 heteroatoms. The maximum atomic E-state index is 9.78. The number of carbonyl (C=O) groups is 1. The molecule has 0 atom stereocenters. The molecule has 0 unspecified atom stereocenters. The fraction of sp³-hybridized carbons (Fsp3) is 0.500. The van der Waals surface area contributed by atoms with E-state index in [1.807, 2.05) is 0 Å². The molecule has 0 saturated carbocycles. The predicted molar refractivity (Wildman–Crippen MR) is 21.0 cm³/mol. The van der Waals surface area contributed by atoms with E-state index >= 15 is 0 Å². The third-order valence-corrected chi connectivity index (χ3v) is 0.321. The number of carbonyl (C=O) groups excluding carboxylic acids is 2. The highest BCUT2D eigenvalue weighted by Gasteiger charge is 2.00. The van der Waals surface area contributed by atoms with Gasteiger partial charge in [-0.3, -0.25) is 4.79 Å². The van der Waals surface area contributed by atoms with E-state index in [1.54, 1.807) is 0 Å². The first-order chi connectivity index (χ1) is 2.77. The molecule has 0 rings (SSSR count). The van der Waals surface area contributed by atoms with Crippen LogP contribution in [0.1, 0.15) is 13.3 Å². The van der Waals surface area contributed by atoms with E-state index in [1.165, 1.54) is 13.2 Å². The maximum Gasteiger partial charge on any atom is 0.514 e. The highest BCUT2D eigenvalue weighted by molar-refractivity contribution is 5.87. The quantitative estimate of drug-likeness (QED) is 0.351. The third kappa shape index (κ3) is 3.25. The van der Waals surface area contributed by atoms with Crippen LogP contribution in [0.15, 0.2) is 0 Å². The maximum absolute atomic E-state index is 9.78. The average molecular weight is 85.1 g/mol. The lowest BCUT2D eigenvalue weighted by Gasteiger charge is -1.59. The highest BCUT2D eigenvalue weighted by Crippen LogP contribution is 1.69. The van der Waals surface area contributed by atoms with Gasteiger partial charge in [0.1, 0.15) is 0 Å². The van der Waals surface area contributed by atoms with Gasteiger partial charge in [0.05, 0.1) is 0 Å². The van der Waals surface area contributed by atoms with E-state index < -0.39 is 0 Å². The van der Waals surface area contributed by atoms with Gasteiger partial charge in [0, 0.05) is 4.79 Å². The standard InChI is InChI=1S/C4H5O2/c1-4(6)2-3-5/h2H2,1H3/q+1. The molecular formula is C4H5O2+. The van der Waals surface area contributed by atoms with Crippen molar-refractivity contribution in [2.45, 2.75) is 13.3 Å². The summed E-state index contributed by atoms with van der Waals surface area (Å²) in [5.74, 6) is -0.134. The molecular weight excluding hydrogens is 80.0 g/mol. The Labute approximate surface area is 36.2 Å². The van der Waals surface area contributed by atoms with Gasteiger partial charge in [0.25, 0.3) is 6.42 Å². The van der Waals surface area contributed by atoms with Crippen LogP contribution >= 0.6 is 0 Å². The summed E-state index contributed by atoms with van der Waals surface area (Å²) >= 11 is 0. The van der Waals surface area contributed by atoms with E-state index in [4.69, 9.17) is 0 Å². The van der Waals surface area contributed by atoms with Gasteiger partial charge in [-0.25, -0.2) is 0 Å². The second kappa shape index (κ2) is 2.49. The predicted octanol–water partition coefficient (Wildman–Crippen LogP) is 0.0752. The molecule has 0 N–H and O–H groups in total. The van der Waals surface area contributed by atoms with Crippen LogP contribution in [0.3, 0.4) is 0 Å². The van der Waals surface area contributed by atoms with Crippen LogP contribution in [-0.2, 0) is 9.59 Å². The van der Waals surface area contributed by atoms with Gasteiger partial charge in [0.2, 0.25) is 0 Å². The highest BCUT2D eigenvalue weighted by atomic mass is 16.1. The molecule has 0 aliphatic heterocycles. The zero-order chi connectivity index (χ0) is 4.99. The first-order valence-electron chi connectivity index (χ1n) is 1.62. The first kappa shape index (κ1) is 5.25. The number of rotatable bonds is 2. The minimum absolute atomic E-state index is 0.0694. The number of ketones is 1. The Hall–Kier alpha value is -0.750. The molecule has 0 aliphatic carbocycles. The van der Waals surface area contributed by atoms with Gasteiger partial charge in [-0.05, 0) is 6.92 Å².